The number of hydrogen-bond acceptors (Lipinski definition) is 5. The van der Waals surface area contributed by atoms with E-state index in [0.29, 0.717) is 13.2 Å². The van der Waals surface area contributed by atoms with Crippen LogP contribution in [-0.2, 0) is 0 Å². The lowest BCUT2D eigenvalue weighted by Crippen LogP contribution is -2.47. The van der Waals surface area contributed by atoms with E-state index in [1.807, 2.05) is 55.5 Å². The van der Waals surface area contributed by atoms with Crippen LogP contribution in [-0.4, -0.2) is 37.5 Å². The van der Waals surface area contributed by atoms with Gasteiger partial charge in [0.2, 0.25) is 0 Å². The molecule has 24 heavy (non-hydrogen) atoms. The molecule has 0 amide bonds. The van der Waals surface area contributed by atoms with E-state index in [4.69, 9.17) is 14.2 Å². The van der Waals surface area contributed by atoms with Gasteiger partial charge >= 0.3 is 0 Å². The third-order valence-corrected chi connectivity index (χ3v) is 4.22. The highest BCUT2D eigenvalue weighted by molar-refractivity contribution is 5.40. The number of para-hydroxylation sites is 2. The summed E-state index contributed by atoms with van der Waals surface area (Å²) in [4.78, 5) is 0. The van der Waals surface area contributed by atoms with Crippen molar-refractivity contribution in [2.75, 3.05) is 20.3 Å². The predicted octanol–water partition coefficient (Wildman–Crippen LogP) is 2.55. The summed E-state index contributed by atoms with van der Waals surface area (Å²) < 4.78 is 16.8. The third-order valence-electron chi connectivity index (χ3n) is 4.22. The van der Waals surface area contributed by atoms with E-state index < -0.39 is 6.10 Å². The molecular formula is C19H23NO4. The van der Waals surface area contributed by atoms with Crippen molar-refractivity contribution >= 4 is 0 Å². The van der Waals surface area contributed by atoms with E-state index in [1.54, 1.807) is 7.11 Å². The molecule has 2 N–H and O–H groups in total. The number of methoxy groups -OCH3 is 1. The van der Waals surface area contributed by atoms with Crippen LogP contribution in [0.2, 0.25) is 0 Å². The second-order valence-corrected chi connectivity index (χ2v) is 5.90. The molecule has 2 aromatic carbocycles. The molecule has 3 atom stereocenters. The number of fused-ring (bicyclic) bond motifs is 1. The number of benzene rings is 2. The lowest BCUT2D eigenvalue weighted by Gasteiger charge is -2.31. The van der Waals surface area contributed by atoms with Crippen LogP contribution in [0.3, 0.4) is 0 Å². The number of nitrogens with one attached hydrogen (secondary N) is 1. The molecule has 5 nitrogen and oxygen atoms in total. The van der Waals surface area contributed by atoms with E-state index in [9.17, 15) is 5.11 Å². The van der Waals surface area contributed by atoms with E-state index in [0.717, 1.165) is 22.8 Å². The minimum Gasteiger partial charge on any atom is -0.497 e. The second-order valence-electron chi connectivity index (χ2n) is 5.90. The molecule has 0 saturated carbocycles. The molecule has 3 unspecified atom stereocenters. The van der Waals surface area contributed by atoms with Gasteiger partial charge < -0.3 is 24.6 Å². The maximum absolute atomic E-state index is 10.3. The molecule has 0 radical (unpaired) electrons. The van der Waals surface area contributed by atoms with Crippen molar-refractivity contribution in [2.24, 2.45) is 0 Å². The van der Waals surface area contributed by atoms with Crippen molar-refractivity contribution in [3.63, 3.8) is 0 Å². The molecule has 3 rings (SSSR count). The van der Waals surface area contributed by atoms with E-state index in [-0.39, 0.29) is 12.1 Å². The monoisotopic (exact) mass is 329 g/mol. The normalized spacial score (nSPS) is 18.7. The summed E-state index contributed by atoms with van der Waals surface area (Å²) in [5.41, 5.74) is 0.849. The number of rotatable bonds is 6. The van der Waals surface area contributed by atoms with Crippen LogP contribution in [0.15, 0.2) is 48.5 Å². The van der Waals surface area contributed by atoms with Crippen molar-refractivity contribution in [3.8, 4) is 17.2 Å². The zero-order valence-electron chi connectivity index (χ0n) is 13.9. The van der Waals surface area contributed by atoms with Gasteiger partial charge in [0.1, 0.15) is 18.5 Å². The first kappa shape index (κ1) is 16.6. The van der Waals surface area contributed by atoms with E-state index in [2.05, 4.69) is 5.32 Å². The number of ether oxygens (including phenoxy) is 3. The Morgan fingerprint density at radius 2 is 1.88 bits per heavy atom. The molecule has 0 fully saturated rings. The van der Waals surface area contributed by atoms with Crippen LogP contribution in [0, 0.1) is 0 Å². The van der Waals surface area contributed by atoms with Crippen molar-refractivity contribution in [1.82, 2.24) is 5.32 Å². The maximum Gasteiger partial charge on any atom is 0.161 e. The summed E-state index contributed by atoms with van der Waals surface area (Å²) in [5, 5.41) is 13.6. The minimum absolute atomic E-state index is 0.0475. The molecule has 0 bridgehead atoms. The molecular weight excluding hydrogens is 306 g/mol. The Balaban J connectivity index is 1.52. The molecule has 128 valence electrons. The number of aliphatic hydroxyl groups is 1. The highest BCUT2D eigenvalue weighted by Gasteiger charge is 2.26. The molecule has 0 spiro atoms. The van der Waals surface area contributed by atoms with Crippen LogP contribution in [0.1, 0.15) is 18.6 Å². The van der Waals surface area contributed by atoms with Gasteiger partial charge in [0.05, 0.1) is 13.2 Å². The largest absolute Gasteiger partial charge is 0.497 e. The van der Waals surface area contributed by atoms with Gasteiger partial charge in [-0.3, -0.25) is 0 Å². The number of aliphatic hydroxyl groups excluding tert-OH is 1. The molecule has 1 aliphatic heterocycles. The van der Waals surface area contributed by atoms with Crippen molar-refractivity contribution in [2.45, 2.75) is 25.2 Å². The van der Waals surface area contributed by atoms with E-state index >= 15 is 0 Å². The van der Waals surface area contributed by atoms with E-state index in [1.165, 1.54) is 0 Å². The van der Waals surface area contributed by atoms with Crippen molar-refractivity contribution < 1.29 is 19.3 Å². The van der Waals surface area contributed by atoms with Crippen molar-refractivity contribution in [3.05, 3.63) is 54.1 Å². The molecule has 0 aliphatic carbocycles. The van der Waals surface area contributed by atoms with Crippen LogP contribution >= 0.6 is 0 Å². The Hall–Kier alpha value is -2.24. The first-order chi connectivity index (χ1) is 11.7. The average Bonchev–Trinajstić information content (AvgIpc) is 2.65. The highest BCUT2D eigenvalue weighted by atomic mass is 16.6. The first-order valence-corrected chi connectivity index (χ1v) is 8.11. The molecule has 0 saturated heterocycles. The zero-order chi connectivity index (χ0) is 16.9. The summed E-state index contributed by atoms with van der Waals surface area (Å²) in [6.07, 6.45) is -0.682. The Labute approximate surface area is 142 Å². The smallest absolute Gasteiger partial charge is 0.161 e. The van der Waals surface area contributed by atoms with Gasteiger partial charge in [-0.1, -0.05) is 24.3 Å². The fourth-order valence-corrected chi connectivity index (χ4v) is 2.66. The SMILES string of the molecule is COc1ccc(C(O)CNC(C)C2COc3ccccc3O2)cc1. The predicted molar refractivity (Wildman–Crippen MR) is 91.8 cm³/mol. The Morgan fingerprint density at radius 3 is 2.58 bits per heavy atom. The van der Waals surface area contributed by atoms with Crippen LogP contribution in [0.25, 0.3) is 0 Å². The van der Waals surface area contributed by atoms with Gasteiger partial charge in [-0.2, -0.15) is 0 Å². The van der Waals surface area contributed by atoms with Crippen molar-refractivity contribution in [1.29, 1.82) is 0 Å². The number of hydrogen-bond donors (Lipinski definition) is 2. The molecule has 0 aromatic heterocycles. The summed E-state index contributed by atoms with van der Waals surface area (Å²) in [6.45, 7) is 2.96. The zero-order valence-corrected chi connectivity index (χ0v) is 13.9. The molecule has 1 aliphatic rings. The van der Waals surface area contributed by atoms with Gasteiger partial charge in [-0.25, -0.2) is 0 Å². The highest BCUT2D eigenvalue weighted by Crippen LogP contribution is 2.31. The summed E-state index contributed by atoms with van der Waals surface area (Å²) in [5.74, 6) is 2.32. The third kappa shape index (κ3) is 3.80. The summed E-state index contributed by atoms with van der Waals surface area (Å²) in [7, 11) is 1.62. The molecule has 1 heterocycles. The Kier molecular flexibility index (Phi) is 5.23. The maximum atomic E-state index is 10.3. The first-order valence-electron chi connectivity index (χ1n) is 8.11. The van der Waals surface area contributed by atoms with Crippen LogP contribution in [0.5, 0.6) is 17.2 Å². The van der Waals surface area contributed by atoms with Crippen LogP contribution in [0.4, 0.5) is 0 Å². The molecule has 5 heteroatoms. The summed E-state index contributed by atoms with van der Waals surface area (Å²) >= 11 is 0. The fraction of sp³-hybridized carbons (Fsp3) is 0.368. The van der Waals surface area contributed by atoms with Gasteiger partial charge in [0, 0.05) is 12.6 Å². The van der Waals surface area contributed by atoms with Crippen LogP contribution < -0.4 is 19.5 Å². The Bertz CT molecular complexity index is 659. The lowest BCUT2D eigenvalue weighted by atomic mass is 10.1. The second kappa shape index (κ2) is 7.55. The Morgan fingerprint density at radius 1 is 1.17 bits per heavy atom. The van der Waals surface area contributed by atoms with Gasteiger partial charge in [-0.05, 0) is 36.8 Å². The average molecular weight is 329 g/mol. The van der Waals surface area contributed by atoms with Gasteiger partial charge in [0.25, 0.3) is 0 Å². The lowest BCUT2D eigenvalue weighted by molar-refractivity contribution is 0.0612. The molecule has 2 aromatic rings. The van der Waals surface area contributed by atoms with Gasteiger partial charge in [0.15, 0.2) is 11.5 Å². The standard InChI is InChI=1S/C19H23NO4/c1-13(19-12-23-17-5-3-4-6-18(17)24-19)20-11-16(21)14-7-9-15(22-2)10-8-14/h3-10,13,16,19-21H,11-12H2,1-2H3. The topological polar surface area (TPSA) is 60.0 Å². The fourth-order valence-electron chi connectivity index (χ4n) is 2.66. The minimum atomic E-state index is -0.588. The quantitative estimate of drug-likeness (QED) is 0.853. The van der Waals surface area contributed by atoms with Gasteiger partial charge in [-0.15, -0.1) is 0 Å². The summed E-state index contributed by atoms with van der Waals surface area (Å²) in [6, 6.07) is 15.1.